The van der Waals surface area contributed by atoms with Crippen LogP contribution < -0.4 is 4.72 Å². The highest BCUT2D eigenvalue weighted by atomic mass is 35.5. The summed E-state index contributed by atoms with van der Waals surface area (Å²) in [5, 5.41) is 7.12. The van der Waals surface area contributed by atoms with Gasteiger partial charge in [-0.2, -0.15) is 5.10 Å². The number of nitrogens with one attached hydrogen (secondary N) is 2. The summed E-state index contributed by atoms with van der Waals surface area (Å²) < 4.78 is 27.4. The van der Waals surface area contributed by atoms with Crippen molar-refractivity contribution in [2.75, 3.05) is 4.72 Å². The van der Waals surface area contributed by atoms with Crippen molar-refractivity contribution in [3.8, 4) is 10.6 Å². The third-order valence-electron chi connectivity index (χ3n) is 2.69. The van der Waals surface area contributed by atoms with Crippen LogP contribution in [0.15, 0.2) is 52.9 Å². The Morgan fingerprint density at radius 1 is 1.19 bits per heavy atom. The minimum absolute atomic E-state index is 0.229. The van der Waals surface area contributed by atoms with Crippen LogP contribution in [0, 0.1) is 0 Å². The Morgan fingerprint density at radius 3 is 2.76 bits per heavy atom. The Bertz CT molecular complexity index is 857. The van der Waals surface area contributed by atoms with Crippen LogP contribution in [0.1, 0.15) is 0 Å². The Morgan fingerprint density at radius 2 is 2.05 bits per heavy atom. The highest BCUT2D eigenvalue weighted by Crippen LogP contribution is 2.30. The van der Waals surface area contributed by atoms with Crippen LogP contribution in [-0.4, -0.2) is 18.6 Å². The molecule has 0 aliphatic carbocycles. The predicted molar refractivity (Wildman–Crippen MR) is 84.2 cm³/mol. The van der Waals surface area contributed by atoms with Gasteiger partial charge in [-0.1, -0.05) is 17.7 Å². The molecular weight excluding hydrogens is 330 g/mol. The number of hydrogen-bond donors (Lipinski definition) is 2. The van der Waals surface area contributed by atoms with Crippen LogP contribution in [0.2, 0.25) is 5.02 Å². The van der Waals surface area contributed by atoms with E-state index in [2.05, 4.69) is 14.9 Å². The molecule has 0 atom stereocenters. The first-order valence-electron chi connectivity index (χ1n) is 5.92. The van der Waals surface area contributed by atoms with E-state index >= 15 is 0 Å². The molecule has 2 aromatic heterocycles. The van der Waals surface area contributed by atoms with E-state index in [-0.39, 0.29) is 4.21 Å². The van der Waals surface area contributed by atoms with E-state index in [1.165, 1.54) is 11.3 Å². The third-order valence-corrected chi connectivity index (χ3v) is 5.92. The molecule has 0 bridgehead atoms. The first kappa shape index (κ1) is 14.1. The molecule has 3 aromatic rings. The first-order chi connectivity index (χ1) is 10.0. The maximum absolute atomic E-state index is 12.3. The molecular formula is C13H10ClN3O2S2. The molecule has 0 unspecified atom stereocenters. The first-order valence-corrected chi connectivity index (χ1v) is 8.60. The van der Waals surface area contributed by atoms with E-state index in [0.717, 1.165) is 10.6 Å². The highest BCUT2D eigenvalue weighted by Gasteiger charge is 2.18. The lowest BCUT2D eigenvalue weighted by Gasteiger charge is -2.06. The van der Waals surface area contributed by atoms with Gasteiger partial charge in [-0.25, -0.2) is 8.42 Å². The summed E-state index contributed by atoms with van der Waals surface area (Å²) in [5.74, 6) is 0. The van der Waals surface area contributed by atoms with Crippen LogP contribution in [0.25, 0.3) is 10.6 Å². The largest absolute Gasteiger partial charge is 0.279 e. The Balaban J connectivity index is 1.89. The van der Waals surface area contributed by atoms with Crippen LogP contribution in [-0.2, 0) is 10.0 Å². The molecule has 2 N–H and O–H groups in total. The summed E-state index contributed by atoms with van der Waals surface area (Å²) in [6.07, 6.45) is 1.62. The van der Waals surface area contributed by atoms with Gasteiger partial charge in [-0.15, -0.1) is 11.3 Å². The summed E-state index contributed by atoms with van der Waals surface area (Å²) in [4.78, 5) is 0.805. The fraction of sp³-hybridized carbons (Fsp3) is 0. The fourth-order valence-electron chi connectivity index (χ4n) is 1.76. The average molecular weight is 340 g/mol. The molecule has 8 heteroatoms. The van der Waals surface area contributed by atoms with Crippen molar-refractivity contribution in [2.45, 2.75) is 4.21 Å². The molecule has 0 amide bonds. The number of benzene rings is 1. The van der Waals surface area contributed by atoms with Gasteiger partial charge >= 0.3 is 0 Å². The van der Waals surface area contributed by atoms with Crippen molar-refractivity contribution in [3.05, 3.63) is 53.7 Å². The topological polar surface area (TPSA) is 74.8 Å². The lowest BCUT2D eigenvalue weighted by atomic mass is 10.3. The predicted octanol–water partition coefficient (Wildman–Crippen LogP) is 3.59. The number of halogens is 1. The molecule has 1 aromatic carbocycles. The summed E-state index contributed by atoms with van der Waals surface area (Å²) in [5.41, 5.74) is 1.21. The molecule has 2 heterocycles. The van der Waals surface area contributed by atoms with Crippen molar-refractivity contribution in [1.29, 1.82) is 0 Å². The molecule has 108 valence electrons. The average Bonchev–Trinajstić information content (AvgIpc) is 3.10. The fourth-order valence-corrected chi connectivity index (χ4v) is 4.28. The standard InChI is InChI=1S/C13H10ClN3O2S2/c14-9-2-1-3-10(8-9)17-21(18,19)13-5-4-12(20-13)11-6-7-15-16-11/h1-8,17H,(H,15,16). The zero-order valence-corrected chi connectivity index (χ0v) is 13.0. The van der Waals surface area contributed by atoms with Crippen LogP contribution >= 0.6 is 22.9 Å². The monoisotopic (exact) mass is 339 g/mol. The lowest BCUT2D eigenvalue weighted by molar-refractivity contribution is 0.603. The molecule has 0 fully saturated rings. The minimum atomic E-state index is -3.62. The van der Waals surface area contributed by atoms with Gasteiger partial charge in [0, 0.05) is 11.2 Å². The smallest absolute Gasteiger partial charge is 0.271 e. The quantitative estimate of drug-likeness (QED) is 0.762. The Labute approximate surface area is 130 Å². The van der Waals surface area contributed by atoms with E-state index in [1.54, 1.807) is 48.7 Å². The summed E-state index contributed by atoms with van der Waals surface area (Å²) >= 11 is 7.01. The SMILES string of the molecule is O=S(=O)(Nc1cccc(Cl)c1)c1ccc(-c2ccn[nH]2)s1. The number of hydrogen-bond acceptors (Lipinski definition) is 4. The van der Waals surface area contributed by atoms with E-state index in [4.69, 9.17) is 11.6 Å². The number of aromatic amines is 1. The number of H-pyrrole nitrogens is 1. The van der Waals surface area contributed by atoms with E-state index < -0.39 is 10.0 Å². The van der Waals surface area contributed by atoms with E-state index in [1.807, 2.05) is 0 Å². The van der Waals surface area contributed by atoms with Gasteiger partial charge in [0.25, 0.3) is 10.0 Å². The van der Waals surface area contributed by atoms with E-state index in [9.17, 15) is 8.42 Å². The zero-order chi connectivity index (χ0) is 14.9. The van der Waals surface area contributed by atoms with Crippen molar-refractivity contribution in [2.24, 2.45) is 0 Å². The van der Waals surface area contributed by atoms with Crippen molar-refractivity contribution >= 4 is 38.6 Å². The molecule has 5 nitrogen and oxygen atoms in total. The second-order valence-electron chi connectivity index (χ2n) is 4.20. The summed E-state index contributed by atoms with van der Waals surface area (Å²) in [6, 6.07) is 11.7. The van der Waals surface area contributed by atoms with Gasteiger partial charge in [-0.05, 0) is 36.4 Å². The molecule has 21 heavy (non-hydrogen) atoms. The number of thiophene rings is 1. The molecule has 0 aliphatic rings. The van der Waals surface area contributed by atoms with Gasteiger partial charge in [0.2, 0.25) is 0 Å². The van der Waals surface area contributed by atoms with Crippen LogP contribution in [0.3, 0.4) is 0 Å². The summed E-state index contributed by atoms with van der Waals surface area (Å²) in [7, 11) is -3.62. The molecule has 0 spiro atoms. The number of anilines is 1. The van der Waals surface area contributed by atoms with Crippen molar-refractivity contribution < 1.29 is 8.42 Å². The van der Waals surface area contributed by atoms with Crippen molar-refractivity contribution in [1.82, 2.24) is 10.2 Å². The van der Waals surface area contributed by atoms with E-state index in [0.29, 0.717) is 10.7 Å². The maximum Gasteiger partial charge on any atom is 0.271 e. The van der Waals surface area contributed by atoms with Gasteiger partial charge < -0.3 is 0 Å². The summed E-state index contributed by atoms with van der Waals surface area (Å²) in [6.45, 7) is 0. The van der Waals surface area contributed by atoms with Crippen LogP contribution in [0.5, 0.6) is 0 Å². The van der Waals surface area contributed by atoms with Gasteiger partial charge in [0.05, 0.1) is 16.3 Å². The highest BCUT2D eigenvalue weighted by molar-refractivity contribution is 7.94. The van der Waals surface area contributed by atoms with Gasteiger partial charge in [-0.3, -0.25) is 9.82 Å². The second-order valence-corrected chi connectivity index (χ2v) is 7.63. The molecule has 0 saturated heterocycles. The number of aromatic nitrogens is 2. The third kappa shape index (κ3) is 3.10. The van der Waals surface area contributed by atoms with Crippen molar-refractivity contribution in [3.63, 3.8) is 0 Å². The Kier molecular flexibility index (Phi) is 3.71. The normalized spacial score (nSPS) is 11.5. The lowest BCUT2D eigenvalue weighted by Crippen LogP contribution is -2.11. The number of nitrogens with zero attached hydrogens (tertiary/aromatic N) is 1. The molecule has 3 rings (SSSR count). The molecule has 0 saturated carbocycles. The molecule has 0 radical (unpaired) electrons. The minimum Gasteiger partial charge on any atom is -0.279 e. The zero-order valence-electron chi connectivity index (χ0n) is 10.6. The molecule has 0 aliphatic heterocycles. The Hall–Kier alpha value is -1.83. The maximum atomic E-state index is 12.3. The number of rotatable bonds is 4. The van der Waals surface area contributed by atoms with Gasteiger partial charge in [0.1, 0.15) is 4.21 Å². The van der Waals surface area contributed by atoms with Crippen LogP contribution in [0.4, 0.5) is 5.69 Å². The second kappa shape index (κ2) is 5.51. The number of sulfonamides is 1. The van der Waals surface area contributed by atoms with Gasteiger partial charge in [0.15, 0.2) is 0 Å².